The smallest absolute Gasteiger partial charge is 0.257 e. The van der Waals surface area contributed by atoms with Crippen molar-refractivity contribution in [2.75, 3.05) is 26.2 Å². The molecule has 0 bridgehead atoms. The van der Waals surface area contributed by atoms with Gasteiger partial charge in [-0.25, -0.2) is 13.2 Å². The average Bonchev–Trinajstić information content (AvgIpc) is 2.78. The standard InChI is InChI=1S/C25H23F3N2O/c1-17-7-9-19(10-8-17)24(18-5-3-2-4-6-18)29-11-13-30(14-12-29)25(31)20-15-22(27)23(28)16-21(20)26/h2-10,15-16,24H,11-14H2,1H3/t24-/m0/s1. The minimum Gasteiger partial charge on any atom is -0.336 e. The van der Waals surface area contributed by atoms with Crippen LogP contribution in [0.5, 0.6) is 0 Å². The lowest BCUT2D eigenvalue weighted by Crippen LogP contribution is -2.50. The molecule has 1 fully saturated rings. The topological polar surface area (TPSA) is 23.6 Å². The molecule has 0 N–H and O–H groups in total. The number of amides is 1. The number of piperazine rings is 1. The van der Waals surface area contributed by atoms with E-state index >= 15 is 0 Å². The number of rotatable bonds is 4. The van der Waals surface area contributed by atoms with E-state index in [-0.39, 0.29) is 6.04 Å². The van der Waals surface area contributed by atoms with Crippen LogP contribution < -0.4 is 0 Å². The molecule has 3 aromatic rings. The van der Waals surface area contributed by atoms with Crippen molar-refractivity contribution in [2.24, 2.45) is 0 Å². The predicted molar refractivity (Wildman–Crippen MR) is 113 cm³/mol. The van der Waals surface area contributed by atoms with Gasteiger partial charge in [-0.2, -0.15) is 0 Å². The second-order valence-electron chi connectivity index (χ2n) is 7.80. The summed E-state index contributed by atoms with van der Waals surface area (Å²) in [5, 5.41) is 0. The lowest BCUT2D eigenvalue weighted by molar-refractivity contribution is 0.0592. The highest BCUT2D eigenvalue weighted by atomic mass is 19.2. The van der Waals surface area contributed by atoms with Gasteiger partial charge < -0.3 is 4.90 Å². The van der Waals surface area contributed by atoms with Gasteiger partial charge >= 0.3 is 0 Å². The fourth-order valence-corrected chi connectivity index (χ4v) is 4.04. The van der Waals surface area contributed by atoms with Crippen LogP contribution in [-0.4, -0.2) is 41.9 Å². The van der Waals surface area contributed by atoms with Crippen molar-refractivity contribution < 1.29 is 18.0 Å². The average molecular weight is 424 g/mol. The minimum absolute atomic E-state index is 0.0269. The van der Waals surface area contributed by atoms with E-state index in [1.165, 1.54) is 10.5 Å². The number of carbonyl (C=O) groups is 1. The Morgan fingerprint density at radius 2 is 1.35 bits per heavy atom. The molecule has 1 aliphatic heterocycles. The Labute approximate surface area is 179 Å². The van der Waals surface area contributed by atoms with E-state index in [9.17, 15) is 18.0 Å². The maximum absolute atomic E-state index is 14.1. The highest BCUT2D eigenvalue weighted by molar-refractivity contribution is 5.94. The van der Waals surface area contributed by atoms with Gasteiger partial charge in [-0.15, -0.1) is 0 Å². The van der Waals surface area contributed by atoms with Crippen LogP contribution in [0.2, 0.25) is 0 Å². The SMILES string of the molecule is Cc1ccc([C@H](c2ccccc2)N2CCN(C(=O)c3cc(F)c(F)cc3F)CC2)cc1. The molecule has 0 spiro atoms. The number of aryl methyl sites for hydroxylation is 1. The molecule has 160 valence electrons. The monoisotopic (exact) mass is 424 g/mol. The fraction of sp³-hybridized carbons (Fsp3) is 0.240. The summed E-state index contributed by atoms with van der Waals surface area (Å²) in [7, 11) is 0. The zero-order chi connectivity index (χ0) is 22.0. The van der Waals surface area contributed by atoms with Crippen molar-refractivity contribution in [3.8, 4) is 0 Å². The van der Waals surface area contributed by atoms with Gasteiger partial charge in [-0.3, -0.25) is 9.69 Å². The van der Waals surface area contributed by atoms with E-state index in [1.54, 1.807) is 0 Å². The molecule has 1 saturated heterocycles. The van der Waals surface area contributed by atoms with Crippen LogP contribution >= 0.6 is 0 Å². The summed E-state index contributed by atoms with van der Waals surface area (Å²) < 4.78 is 40.8. The first-order valence-corrected chi connectivity index (χ1v) is 10.2. The second kappa shape index (κ2) is 8.94. The van der Waals surface area contributed by atoms with Gasteiger partial charge in [0.05, 0.1) is 11.6 Å². The van der Waals surface area contributed by atoms with Crippen molar-refractivity contribution in [3.05, 3.63) is 106 Å². The largest absolute Gasteiger partial charge is 0.336 e. The lowest BCUT2D eigenvalue weighted by atomic mass is 9.95. The summed E-state index contributed by atoms with van der Waals surface area (Å²) in [4.78, 5) is 16.5. The zero-order valence-electron chi connectivity index (χ0n) is 17.2. The molecule has 6 heteroatoms. The predicted octanol–water partition coefficient (Wildman–Crippen LogP) is 4.96. The third-order valence-electron chi connectivity index (χ3n) is 5.72. The number of hydrogen-bond acceptors (Lipinski definition) is 2. The Bertz CT molecular complexity index is 1060. The first-order valence-electron chi connectivity index (χ1n) is 10.2. The Kier molecular flexibility index (Phi) is 6.09. The number of nitrogens with zero attached hydrogens (tertiary/aromatic N) is 2. The van der Waals surface area contributed by atoms with Crippen molar-refractivity contribution in [1.29, 1.82) is 0 Å². The number of benzene rings is 3. The van der Waals surface area contributed by atoms with E-state index in [1.807, 2.05) is 25.1 Å². The van der Waals surface area contributed by atoms with Gasteiger partial charge in [-0.05, 0) is 24.1 Å². The molecule has 1 aliphatic rings. The third kappa shape index (κ3) is 4.49. The quantitative estimate of drug-likeness (QED) is 0.553. The summed E-state index contributed by atoms with van der Waals surface area (Å²) in [6, 6.07) is 19.6. The van der Waals surface area contributed by atoms with Crippen LogP contribution in [-0.2, 0) is 0 Å². The van der Waals surface area contributed by atoms with Gasteiger partial charge in [0.1, 0.15) is 5.82 Å². The molecular weight excluding hydrogens is 401 g/mol. The lowest BCUT2D eigenvalue weighted by Gasteiger charge is -2.40. The van der Waals surface area contributed by atoms with Gasteiger partial charge in [-0.1, -0.05) is 60.2 Å². The third-order valence-corrected chi connectivity index (χ3v) is 5.72. The van der Waals surface area contributed by atoms with Gasteiger partial charge in [0.25, 0.3) is 5.91 Å². The minimum atomic E-state index is -1.30. The summed E-state index contributed by atoms with van der Waals surface area (Å²) in [5.41, 5.74) is 3.05. The highest BCUT2D eigenvalue weighted by Gasteiger charge is 2.30. The molecule has 0 aliphatic carbocycles. The first kappa shape index (κ1) is 21.1. The van der Waals surface area contributed by atoms with Crippen molar-refractivity contribution in [2.45, 2.75) is 13.0 Å². The summed E-state index contributed by atoms with van der Waals surface area (Å²) in [6.07, 6.45) is 0. The van der Waals surface area contributed by atoms with Crippen LogP contribution in [0.1, 0.15) is 33.1 Å². The van der Waals surface area contributed by atoms with Crippen LogP contribution in [0.3, 0.4) is 0 Å². The molecular formula is C25H23F3N2O. The van der Waals surface area contributed by atoms with Crippen LogP contribution in [0.15, 0.2) is 66.7 Å². The van der Waals surface area contributed by atoms with Gasteiger partial charge in [0.2, 0.25) is 0 Å². The molecule has 1 atom stereocenters. The Balaban J connectivity index is 1.53. The maximum Gasteiger partial charge on any atom is 0.257 e. The van der Waals surface area contributed by atoms with Crippen molar-refractivity contribution in [1.82, 2.24) is 9.80 Å². The molecule has 0 aromatic heterocycles. The van der Waals surface area contributed by atoms with E-state index < -0.39 is 28.9 Å². The van der Waals surface area contributed by atoms with Crippen molar-refractivity contribution in [3.63, 3.8) is 0 Å². The summed E-state index contributed by atoms with van der Waals surface area (Å²) in [6.45, 7) is 3.93. The fourth-order valence-electron chi connectivity index (χ4n) is 4.04. The highest BCUT2D eigenvalue weighted by Crippen LogP contribution is 2.30. The Morgan fingerprint density at radius 3 is 2.00 bits per heavy atom. The van der Waals surface area contributed by atoms with Gasteiger partial charge in [0, 0.05) is 32.2 Å². The number of carbonyl (C=O) groups excluding carboxylic acids is 1. The van der Waals surface area contributed by atoms with E-state index in [0.717, 1.165) is 11.1 Å². The van der Waals surface area contributed by atoms with Crippen LogP contribution in [0, 0.1) is 24.4 Å². The molecule has 0 saturated carbocycles. The molecule has 0 unspecified atom stereocenters. The normalized spacial score (nSPS) is 15.7. The first-order chi connectivity index (χ1) is 14.9. The molecule has 31 heavy (non-hydrogen) atoms. The van der Waals surface area contributed by atoms with Gasteiger partial charge in [0.15, 0.2) is 11.6 Å². The number of hydrogen-bond donors (Lipinski definition) is 0. The molecule has 3 aromatic carbocycles. The summed E-state index contributed by atoms with van der Waals surface area (Å²) >= 11 is 0. The molecule has 1 heterocycles. The molecule has 0 radical (unpaired) electrons. The van der Waals surface area contributed by atoms with E-state index in [2.05, 4.69) is 41.3 Å². The van der Waals surface area contributed by atoms with E-state index in [0.29, 0.717) is 38.3 Å². The molecule has 4 rings (SSSR count). The Hall–Kier alpha value is -3.12. The van der Waals surface area contributed by atoms with Crippen LogP contribution in [0.25, 0.3) is 0 Å². The second-order valence-corrected chi connectivity index (χ2v) is 7.80. The Morgan fingerprint density at radius 1 is 0.774 bits per heavy atom. The molecule has 1 amide bonds. The summed E-state index contributed by atoms with van der Waals surface area (Å²) in [5.74, 6) is -4.20. The van der Waals surface area contributed by atoms with E-state index in [4.69, 9.17) is 0 Å². The molecule has 3 nitrogen and oxygen atoms in total. The zero-order valence-corrected chi connectivity index (χ0v) is 17.2. The van der Waals surface area contributed by atoms with Crippen LogP contribution in [0.4, 0.5) is 13.2 Å². The van der Waals surface area contributed by atoms with Crippen molar-refractivity contribution >= 4 is 5.91 Å². The maximum atomic E-state index is 14.1. The number of halogens is 3.